The van der Waals surface area contributed by atoms with Crippen molar-refractivity contribution in [3.05, 3.63) is 0 Å². The van der Waals surface area contributed by atoms with Gasteiger partial charge in [0.25, 0.3) is 5.91 Å². The topological polar surface area (TPSA) is 91.6 Å². The predicted molar refractivity (Wildman–Crippen MR) is 83.2 cm³/mol. The van der Waals surface area contributed by atoms with Crippen molar-refractivity contribution in [2.45, 2.75) is 52.2 Å². The molecule has 0 aromatic carbocycles. The van der Waals surface area contributed by atoms with Gasteiger partial charge in [-0.2, -0.15) is 0 Å². The van der Waals surface area contributed by atoms with Gasteiger partial charge in [-0.15, -0.1) is 0 Å². The molecule has 7 nitrogen and oxygen atoms in total. The quantitative estimate of drug-likeness (QED) is 0.379. The Balaban J connectivity index is 5.35. The Morgan fingerprint density at radius 2 is 1.32 bits per heavy atom. The molecule has 0 heterocycles. The van der Waals surface area contributed by atoms with E-state index >= 15 is 0 Å². The van der Waals surface area contributed by atoms with Crippen LogP contribution in [0.15, 0.2) is 0 Å². The van der Waals surface area contributed by atoms with Crippen LogP contribution in [-0.2, 0) is 14.2 Å². The lowest BCUT2D eigenvalue weighted by atomic mass is 10.3. The van der Waals surface area contributed by atoms with Crippen LogP contribution in [0.25, 0.3) is 0 Å². The zero-order valence-electron chi connectivity index (χ0n) is 14.2. The highest BCUT2D eigenvalue weighted by Gasteiger charge is 2.47. The Morgan fingerprint density at radius 1 is 0.864 bits per heavy atom. The lowest BCUT2D eigenvalue weighted by Crippen LogP contribution is -2.63. The Kier molecular flexibility index (Phi) is 13.0. The zero-order chi connectivity index (χ0) is 16.8. The van der Waals surface area contributed by atoms with E-state index in [-0.39, 0.29) is 26.3 Å². The second-order valence-corrected chi connectivity index (χ2v) is 4.99. The third-order valence-corrected chi connectivity index (χ3v) is 3.00. The molecule has 7 heteroatoms. The Hall–Kier alpha value is -0.280. The minimum absolute atomic E-state index is 0.146. The molecule has 0 bridgehead atoms. The lowest BCUT2D eigenvalue weighted by molar-refractivity contribution is -0.402. The summed E-state index contributed by atoms with van der Waals surface area (Å²) < 4.78 is 17.1. The number of ether oxygens (including phenoxy) is 3. The Labute approximate surface area is 133 Å². The molecule has 0 spiro atoms. The molecule has 1 atom stereocenters. The Bertz CT molecular complexity index is 240. The summed E-state index contributed by atoms with van der Waals surface area (Å²) in [4.78, 5) is 1.58. The molecule has 0 aliphatic rings. The second-order valence-electron chi connectivity index (χ2n) is 4.99. The second kappa shape index (κ2) is 13.2. The molecule has 0 amide bonds. The molecule has 0 saturated carbocycles. The third kappa shape index (κ3) is 6.87. The molecule has 0 aliphatic heterocycles. The van der Waals surface area contributed by atoms with E-state index in [1.165, 1.54) is 0 Å². The fourth-order valence-electron chi connectivity index (χ4n) is 2.02. The molecular formula is C15H33NO6. The van der Waals surface area contributed by atoms with E-state index in [0.717, 1.165) is 19.3 Å². The summed E-state index contributed by atoms with van der Waals surface area (Å²) in [6.07, 6.45) is 0.895. The van der Waals surface area contributed by atoms with Gasteiger partial charge in [0.1, 0.15) is 0 Å². The molecule has 3 N–H and O–H groups in total. The van der Waals surface area contributed by atoms with Gasteiger partial charge in [0, 0.05) is 19.7 Å². The van der Waals surface area contributed by atoms with Gasteiger partial charge in [0.2, 0.25) is 6.29 Å². The summed E-state index contributed by atoms with van der Waals surface area (Å²) in [5, 5.41) is 29.0. The highest BCUT2D eigenvalue weighted by atomic mass is 16.8. The molecule has 0 radical (unpaired) electrons. The minimum atomic E-state index is -1.52. The van der Waals surface area contributed by atoms with Gasteiger partial charge in [0.05, 0.1) is 26.4 Å². The lowest BCUT2D eigenvalue weighted by Gasteiger charge is -2.44. The van der Waals surface area contributed by atoms with Crippen LogP contribution >= 0.6 is 0 Å². The standard InChI is InChI=1S/C15H33NO6/c1-4-11-20-14(19)15(21-12-5-2,22-13-6-3)16(7-9-17)8-10-18/h14,17-19H,4-13H2,1-3H3. The summed E-state index contributed by atoms with van der Waals surface area (Å²) in [6, 6.07) is 0. The summed E-state index contributed by atoms with van der Waals surface area (Å²) in [5.41, 5.74) is 0. The molecule has 0 fully saturated rings. The smallest absolute Gasteiger partial charge is 0.283 e. The predicted octanol–water partition coefficient (Wildman–Crippen LogP) is 0.525. The molecule has 134 valence electrons. The molecule has 0 aromatic heterocycles. The molecule has 0 aliphatic carbocycles. The normalized spacial score (nSPS) is 13.8. The summed E-state index contributed by atoms with van der Waals surface area (Å²) in [6.45, 7) is 7.03. The van der Waals surface area contributed by atoms with Crippen LogP contribution in [0.5, 0.6) is 0 Å². The number of aliphatic hydroxyl groups excluding tert-OH is 3. The largest absolute Gasteiger partial charge is 0.395 e. The van der Waals surface area contributed by atoms with Gasteiger partial charge in [-0.3, -0.25) is 0 Å². The molecule has 0 aromatic rings. The van der Waals surface area contributed by atoms with Crippen LogP contribution in [0.3, 0.4) is 0 Å². The third-order valence-electron chi connectivity index (χ3n) is 3.00. The van der Waals surface area contributed by atoms with E-state index in [1.807, 2.05) is 20.8 Å². The van der Waals surface area contributed by atoms with Gasteiger partial charge in [-0.05, 0) is 19.3 Å². The van der Waals surface area contributed by atoms with Crippen molar-refractivity contribution in [2.24, 2.45) is 0 Å². The fourth-order valence-corrected chi connectivity index (χ4v) is 2.02. The maximum absolute atomic E-state index is 10.5. The molecular weight excluding hydrogens is 290 g/mol. The first-order valence-electron chi connectivity index (χ1n) is 8.17. The Morgan fingerprint density at radius 3 is 1.68 bits per heavy atom. The maximum atomic E-state index is 10.5. The van der Waals surface area contributed by atoms with Gasteiger partial charge in [-0.25, -0.2) is 4.90 Å². The van der Waals surface area contributed by atoms with Gasteiger partial charge in [-0.1, -0.05) is 20.8 Å². The first-order valence-corrected chi connectivity index (χ1v) is 8.17. The van der Waals surface area contributed by atoms with Crippen molar-refractivity contribution in [2.75, 3.05) is 46.1 Å². The average molecular weight is 323 g/mol. The summed E-state index contributed by atoms with van der Waals surface area (Å²) in [5.74, 6) is -1.52. The van der Waals surface area contributed by atoms with Crippen LogP contribution in [0, 0.1) is 0 Å². The SMILES string of the molecule is CCCOC(O)C(OCCC)(OCCC)N(CCO)CCO. The van der Waals surface area contributed by atoms with Crippen molar-refractivity contribution >= 4 is 0 Å². The van der Waals surface area contributed by atoms with Gasteiger partial charge in [0.15, 0.2) is 0 Å². The number of hydrogen-bond acceptors (Lipinski definition) is 7. The van der Waals surface area contributed by atoms with Crippen molar-refractivity contribution in [3.8, 4) is 0 Å². The first-order chi connectivity index (χ1) is 10.6. The molecule has 1 unspecified atom stereocenters. The van der Waals surface area contributed by atoms with Crippen LogP contribution in [0.1, 0.15) is 40.0 Å². The maximum Gasteiger partial charge on any atom is 0.283 e. The van der Waals surface area contributed by atoms with Crippen molar-refractivity contribution < 1.29 is 29.5 Å². The number of aliphatic hydroxyl groups is 3. The van der Waals surface area contributed by atoms with Crippen LogP contribution < -0.4 is 0 Å². The minimum Gasteiger partial charge on any atom is -0.395 e. The van der Waals surface area contributed by atoms with E-state index in [1.54, 1.807) is 4.90 Å². The fraction of sp³-hybridized carbons (Fsp3) is 1.00. The van der Waals surface area contributed by atoms with E-state index in [0.29, 0.717) is 19.8 Å². The average Bonchev–Trinajstić information content (AvgIpc) is 2.53. The van der Waals surface area contributed by atoms with Gasteiger partial charge >= 0.3 is 0 Å². The van der Waals surface area contributed by atoms with Crippen molar-refractivity contribution in [1.29, 1.82) is 0 Å². The van der Waals surface area contributed by atoms with Gasteiger partial charge < -0.3 is 29.5 Å². The number of nitrogens with zero attached hydrogens (tertiary/aromatic N) is 1. The van der Waals surface area contributed by atoms with Crippen LogP contribution in [-0.4, -0.2) is 78.5 Å². The van der Waals surface area contributed by atoms with E-state index < -0.39 is 12.2 Å². The summed E-state index contributed by atoms with van der Waals surface area (Å²) >= 11 is 0. The monoisotopic (exact) mass is 323 g/mol. The highest BCUT2D eigenvalue weighted by molar-refractivity contribution is 4.77. The van der Waals surface area contributed by atoms with E-state index in [2.05, 4.69) is 0 Å². The van der Waals surface area contributed by atoms with Crippen LogP contribution in [0.4, 0.5) is 0 Å². The molecule has 0 saturated heterocycles. The van der Waals surface area contributed by atoms with E-state index in [9.17, 15) is 15.3 Å². The highest BCUT2D eigenvalue weighted by Crippen LogP contribution is 2.26. The summed E-state index contributed by atoms with van der Waals surface area (Å²) in [7, 11) is 0. The molecule has 0 rings (SSSR count). The molecule has 22 heavy (non-hydrogen) atoms. The van der Waals surface area contributed by atoms with Crippen molar-refractivity contribution in [1.82, 2.24) is 4.90 Å². The zero-order valence-corrected chi connectivity index (χ0v) is 14.2. The number of rotatable bonds is 15. The first kappa shape index (κ1) is 21.7. The van der Waals surface area contributed by atoms with E-state index in [4.69, 9.17) is 14.2 Å². The number of hydrogen-bond donors (Lipinski definition) is 3. The van der Waals surface area contributed by atoms with Crippen LogP contribution in [0.2, 0.25) is 0 Å². The van der Waals surface area contributed by atoms with Crippen molar-refractivity contribution in [3.63, 3.8) is 0 Å².